The number of carbonyl (C=O) groups excluding carboxylic acids is 1. The lowest BCUT2D eigenvalue weighted by Gasteiger charge is -2.09. The Bertz CT molecular complexity index is 938. The van der Waals surface area contributed by atoms with Gasteiger partial charge in [0.2, 0.25) is 5.91 Å². The van der Waals surface area contributed by atoms with Crippen LogP contribution >= 0.6 is 0 Å². The summed E-state index contributed by atoms with van der Waals surface area (Å²) >= 11 is 0. The van der Waals surface area contributed by atoms with Gasteiger partial charge in [-0.2, -0.15) is 5.10 Å². The van der Waals surface area contributed by atoms with E-state index in [9.17, 15) is 4.79 Å². The van der Waals surface area contributed by atoms with Gasteiger partial charge in [-0.3, -0.25) is 4.79 Å². The minimum atomic E-state index is -0.0811. The summed E-state index contributed by atoms with van der Waals surface area (Å²) in [6.07, 6.45) is 2.85. The van der Waals surface area contributed by atoms with E-state index < -0.39 is 0 Å². The van der Waals surface area contributed by atoms with E-state index in [1.807, 2.05) is 30.3 Å². The lowest BCUT2D eigenvalue weighted by Crippen LogP contribution is -2.17. The zero-order valence-electron chi connectivity index (χ0n) is 16.1. The molecule has 1 N–H and O–H groups in total. The summed E-state index contributed by atoms with van der Waals surface area (Å²) in [5.74, 6) is -0.0811. The predicted molar refractivity (Wildman–Crippen MR) is 110 cm³/mol. The third kappa shape index (κ3) is 4.73. The maximum Gasteiger partial charge on any atom is 0.240 e. The minimum absolute atomic E-state index is 0.0811. The molecule has 0 radical (unpaired) electrons. The molecule has 2 aromatic carbocycles. The lowest BCUT2D eigenvalue weighted by molar-refractivity contribution is -0.121. The molecule has 0 aliphatic rings. The molecule has 138 valence electrons. The Morgan fingerprint density at radius 2 is 1.74 bits per heavy atom. The second-order valence-electron chi connectivity index (χ2n) is 6.78. The van der Waals surface area contributed by atoms with Crippen LogP contribution in [0.4, 0.5) is 0 Å². The van der Waals surface area contributed by atoms with Gasteiger partial charge in [-0.15, -0.1) is 0 Å². The molecule has 0 spiro atoms. The number of aryl methyl sites for hydroxylation is 3. The Morgan fingerprint density at radius 1 is 1.04 bits per heavy atom. The Morgan fingerprint density at radius 3 is 2.44 bits per heavy atom. The van der Waals surface area contributed by atoms with Crippen molar-refractivity contribution >= 4 is 12.1 Å². The topological polar surface area (TPSA) is 46.4 Å². The number of aromatic nitrogens is 1. The van der Waals surface area contributed by atoms with E-state index in [4.69, 9.17) is 0 Å². The van der Waals surface area contributed by atoms with Gasteiger partial charge in [-0.1, -0.05) is 48.0 Å². The summed E-state index contributed by atoms with van der Waals surface area (Å²) in [4.78, 5) is 12.0. The van der Waals surface area contributed by atoms with Gasteiger partial charge in [0, 0.05) is 29.1 Å². The molecule has 3 rings (SSSR count). The van der Waals surface area contributed by atoms with Gasteiger partial charge in [-0.25, -0.2) is 5.43 Å². The molecular weight excluding hydrogens is 334 g/mol. The van der Waals surface area contributed by atoms with Gasteiger partial charge in [0.1, 0.15) is 0 Å². The number of nitrogens with one attached hydrogen (secondary N) is 1. The van der Waals surface area contributed by atoms with Crippen molar-refractivity contribution in [3.8, 4) is 5.69 Å². The molecule has 1 amide bonds. The van der Waals surface area contributed by atoms with Crippen molar-refractivity contribution in [2.45, 2.75) is 33.6 Å². The van der Waals surface area contributed by atoms with E-state index in [0.29, 0.717) is 12.8 Å². The average molecular weight is 359 g/mol. The molecule has 0 fully saturated rings. The number of hydrogen-bond donors (Lipinski definition) is 1. The minimum Gasteiger partial charge on any atom is -0.318 e. The highest BCUT2D eigenvalue weighted by Crippen LogP contribution is 2.20. The molecule has 1 aromatic heterocycles. The fourth-order valence-electron chi connectivity index (χ4n) is 3.14. The quantitative estimate of drug-likeness (QED) is 0.512. The molecule has 27 heavy (non-hydrogen) atoms. The first kappa shape index (κ1) is 18.6. The molecule has 0 saturated heterocycles. The maximum absolute atomic E-state index is 12.0. The van der Waals surface area contributed by atoms with Crippen LogP contribution in [0.25, 0.3) is 5.69 Å². The molecule has 0 atom stereocenters. The SMILES string of the molecule is Cc1ccc(-n2c(C)cc(/C=N\NC(=O)CCc3ccccc3)c2C)cc1. The highest BCUT2D eigenvalue weighted by molar-refractivity contribution is 5.84. The van der Waals surface area contributed by atoms with Crippen LogP contribution in [0.15, 0.2) is 65.8 Å². The Balaban J connectivity index is 1.63. The Labute approximate surface area is 160 Å². The van der Waals surface area contributed by atoms with Gasteiger partial charge in [0.05, 0.1) is 6.21 Å². The molecule has 0 aliphatic carbocycles. The number of hydrazone groups is 1. The van der Waals surface area contributed by atoms with Gasteiger partial charge < -0.3 is 4.57 Å². The van der Waals surface area contributed by atoms with Crippen LogP contribution in [0.2, 0.25) is 0 Å². The molecule has 0 unspecified atom stereocenters. The second kappa shape index (κ2) is 8.49. The van der Waals surface area contributed by atoms with Gasteiger partial charge in [-0.05, 0) is 51.0 Å². The van der Waals surface area contributed by atoms with Crippen LogP contribution in [0.3, 0.4) is 0 Å². The normalized spacial score (nSPS) is 11.1. The van der Waals surface area contributed by atoms with Crippen molar-refractivity contribution in [2.75, 3.05) is 0 Å². The summed E-state index contributed by atoms with van der Waals surface area (Å²) in [5.41, 5.74) is 9.37. The van der Waals surface area contributed by atoms with Gasteiger partial charge >= 0.3 is 0 Å². The van der Waals surface area contributed by atoms with Crippen LogP contribution in [-0.2, 0) is 11.2 Å². The van der Waals surface area contributed by atoms with Crippen molar-refractivity contribution < 1.29 is 4.79 Å². The van der Waals surface area contributed by atoms with Crippen molar-refractivity contribution in [3.63, 3.8) is 0 Å². The molecule has 0 saturated carbocycles. The molecule has 4 nitrogen and oxygen atoms in total. The largest absolute Gasteiger partial charge is 0.318 e. The molecule has 4 heteroatoms. The zero-order chi connectivity index (χ0) is 19.2. The van der Waals surface area contributed by atoms with Crippen LogP contribution < -0.4 is 5.43 Å². The maximum atomic E-state index is 12.0. The van der Waals surface area contributed by atoms with Crippen molar-refractivity contribution in [3.05, 3.63) is 88.7 Å². The van der Waals surface area contributed by atoms with E-state index in [1.165, 1.54) is 5.56 Å². The van der Waals surface area contributed by atoms with Crippen LogP contribution in [0.5, 0.6) is 0 Å². The average Bonchev–Trinajstić information content (AvgIpc) is 2.95. The molecular formula is C23H25N3O. The molecule has 0 bridgehead atoms. The summed E-state index contributed by atoms with van der Waals surface area (Å²) in [6, 6.07) is 20.5. The molecule has 3 aromatic rings. The highest BCUT2D eigenvalue weighted by Gasteiger charge is 2.09. The third-order valence-electron chi connectivity index (χ3n) is 4.64. The van der Waals surface area contributed by atoms with Crippen LogP contribution in [0.1, 0.15) is 34.5 Å². The van der Waals surface area contributed by atoms with Crippen LogP contribution in [-0.4, -0.2) is 16.7 Å². The van der Waals surface area contributed by atoms with Crippen molar-refractivity contribution in [1.29, 1.82) is 0 Å². The van der Waals surface area contributed by atoms with Gasteiger partial charge in [0.15, 0.2) is 0 Å². The van der Waals surface area contributed by atoms with E-state index in [2.05, 4.69) is 66.2 Å². The number of nitrogens with zero attached hydrogens (tertiary/aromatic N) is 2. The number of rotatable bonds is 6. The lowest BCUT2D eigenvalue weighted by atomic mass is 10.1. The number of amides is 1. The summed E-state index contributed by atoms with van der Waals surface area (Å²) in [6.45, 7) is 6.21. The number of carbonyl (C=O) groups is 1. The summed E-state index contributed by atoms with van der Waals surface area (Å²) < 4.78 is 2.19. The van der Waals surface area contributed by atoms with Gasteiger partial charge in [0.25, 0.3) is 0 Å². The first-order chi connectivity index (χ1) is 13.0. The predicted octanol–water partition coefficient (Wildman–Crippen LogP) is 4.49. The number of benzene rings is 2. The first-order valence-corrected chi connectivity index (χ1v) is 9.16. The third-order valence-corrected chi connectivity index (χ3v) is 4.64. The fraction of sp³-hybridized carbons (Fsp3) is 0.217. The van der Waals surface area contributed by atoms with Crippen molar-refractivity contribution in [2.24, 2.45) is 5.10 Å². The summed E-state index contributed by atoms with van der Waals surface area (Å²) in [7, 11) is 0. The molecule has 0 aliphatic heterocycles. The zero-order valence-corrected chi connectivity index (χ0v) is 16.1. The van der Waals surface area contributed by atoms with Crippen LogP contribution in [0, 0.1) is 20.8 Å². The van der Waals surface area contributed by atoms with E-state index in [1.54, 1.807) is 6.21 Å². The summed E-state index contributed by atoms with van der Waals surface area (Å²) in [5, 5.41) is 4.14. The van der Waals surface area contributed by atoms with E-state index in [0.717, 1.165) is 28.2 Å². The van der Waals surface area contributed by atoms with E-state index in [-0.39, 0.29) is 5.91 Å². The smallest absolute Gasteiger partial charge is 0.240 e. The fourth-order valence-corrected chi connectivity index (χ4v) is 3.14. The Kier molecular flexibility index (Phi) is 5.87. The highest BCUT2D eigenvalue weighted by atomic mass is 16.2. The van der Waals surface area contributed by atoms with E-state index >= 15 is 0 Å². The molecule has 1 heterocycles. The Hall–Kier alpha value is -3.14. The second-order valence-corrected chi connectivity index (χ2v) is 6.78. The first-order valence-electron chi connectivity index (χ1n) is 9.16. The monoisotopic (exact) mass is 359 g/mol. The standard InChI is InChI=1S/C23H25N3O/c1-17-9-12-22(13-10-17)26-18(2)15-21(19(26)3)16-24-25-23(27)14-11-20-7-5-4-6-8-20/h4-10,12-13,15-16H,11,14H2,1-3H3,(H,25,27)/b24-16-. The number of hydrogen-bond acceptors (Lipinski definition) is 2. The van der Waals surface area contributed by atoms with Crippen molar-refractivity contribution in [1.82, 2.24) is 9.99 Å².